The highest BCUT2D eigenvalue weighted by Crippen LogP contribution is 2.27. The van der Waals surface area contributed by atoms with Gasteiger partial charge in [-0.3, -0.25) is 9.59 Å². The summed E-state index contributed by atoms with van der Waals surface area (Å²) in [5.41, 5.74) is 0.519. The molecule has 0 aliphatic carbocycles. The standard InChI is InChI=1S/C15H18Cl2N2O2/c1-2-3-6-19-9-10(7-14(19)20)15(21)18-13-5-4-11(16)8-12(13)17/h4-5,8,10H,2-3,6-7,9H2,1H3,(H,18,21)/t10-/m0/s1. The van der Waals surface area contributed by atoms with Crippen molar-refractivity contribution in [2.75, 3.05) is 18.4 Å². The van der Waals surface area contributed by atoms with Crippen LogP contribution in [0.25, 0.3) is 0 Å². The average Bonchev–Trinajstić information content (AvgIpc) is 2.81. The van der Waals surface area contributed by atoms with E-state index in [-0.39, 0.29) is 24.2 Å². The normalized spacial score (nSPS) is 18.1. The molecule has 21 heavy (non-hydrogen) atoms. The molecule has 2 rings (SSSR count). The molecule has 1 N–H and O–H groups in total. The van der Waals surface area contributed by atoms with Crippen molar-refractivity contribution in [2.24, 2.45) is 5.92 Å². The molecule has 1 aliphatic heterocycles. The van der Waals surface area contributed by atoms with Gasteiger partial charge in [0, 0.05) is 24.5 Å². The zero-order valence-corrected chi connectivity index (χ0v) is 13.4. The van der Waals surface area contributed by atoms with E-state index in [1.807, 2.05) is 0 Å². The topological polar surface area (TPSA) is 49.4 Å². The summed E-state index contributed by atoms with van der Waals surface area (Å²) in [6, 6.07) is 4.90. The highest BCUT2D eigenvalue weighted by Gasteiger charge is 2.33. The number of halogens is 2. The predicted molar refractivity (Wildman–Crippen MR) is 84.7 cm³/mol. The highest BCUT2D eigenvalue weighted by atomic mass is 35.5. The Hall–Kier alpha value is -1.26. The number of carbonyl (C=O) groups is 2. The van der Waals surface area contributed by atoms with Crippen molar-refractivity contribution in [3.8, 4) is 0 Å². The van der Waals surface area contributed by atoms with Gasteiger partial charge in [0.25, 0.3) is 0 Å². The maximum absolute atomic E-state index is 12.2. The minimum absolute atomic E-state index is 0.0470. The molecule has 0 saturated carbocycles. The summed E-state index contributed by atoms with van der Waals surface area (Å²) in [7, 11) is 0. The second-order valence-corrected chi connectivity index (χ2v) is 6.05. The summed E-state index contributed by atoms with van der Waals surface area (Å²) < 4.78 is 0. The fourth-order valence-corrected chi connectivity index (χ4v) is 2.79. The first-order valence-electron chi connectivity index (χ1n) is 7.05. The Morgan fingerprint density at radius 3 is 2.86 bits per heavy atom. The lowest BCUT2D eigenvalue weighted by Crippen LogP contribution is -2.29. The Morgan fingerprint density at radius 2 is 2.19 bits per heavy atom. The third-order valence-electron chi connectivity index (χ3n) is 3.56. The molecule has 0 unspecified atom stereocenters. The Morgan fingerprint density at radius 1 is 1.43 bits per heavy atom. The third kappa shape index (κ3) is 4.11. The van der Waals surface area contributed by atoms with Crippen LogP contribution < -0.4 is 5.32 Å². The molecule has 1 aliphatic rings. The van der Waals surface area contributed by atoms with Gasteiger partial charge in [-0.1, -0.05) is 36.5 Å². The van der Waals surface area contributed by atoms with Crippen molar-refractivity contribution in [2.45, 2.75) is 26.2 Å². The zero-order chi connectivity index (χ0) is 15.4. The molecule has 1 aromatic carbocycles. The van der Waals surface area contributed by atoms with Crippen LogP contribution in [-0.2, 0) is 9.59 Å². The summed E-state index contributed by atoms with van der Waals surface area (Å²) in [5, 5.41) is 3.67. The number of amides is 2. The van der Waals surface area contributed by atoms with Gasteiger partial charge in [0.1, 0.15) is 0 Å². The molecule has 2 amide bonds. The second kappa shape index (κ2) is 7.14. The van der Waals surface area contributed by atoms with E-state index in [9.17, 15) is 9.59 Å². The first-order chi connectivity index (χ1) is 10.0. The van der Waals surface area contributed by atoms with Crippen LogP contribution in [0.1, 0.15) is 26.2 Å². The monoisotopic (exact) mass is 328 g/mol. The highest BCUT2D eigenvalue weighted by molar-refractivity contribution is 6.36. The molecule has 1 aromatic rings. The molecule has 0 spiro atoms. The van der Waals surface area contributed by atoms with Crippen molar-refractivity contribution in [1.29, 1.82) is 0 Å². The molecule has 6 heteroatoms. The number of hydrogen-bond acceptors (Lipinski definition) is 2. The van der Waals surface area contributed by atoms with Crippen LogP contribution in [0.3, 0.4) is 0 Å². The largest absolute Gasteiger partial charge is 0.342 e. The van der Waals surface area contributed by atoms with Crippen molar-refractivity contribution in [1.82, 2.24) is 4.90 Å². The van der Waals surface area contributed by atoms with Crippen molar-refractivity contribution < 1.29 is 9.59 Å². The Bertz CT molecular complexity index is 548. The van der Waals surface area contributed by atoms with Crippen LogP contribution in [0.15, 0.2) is 18.2 Å². The molecule has 1 heterocycles. The van der Waals surface area contributed by atoms with E-state index in [1.165, 1.54) is 0 Å². The van der Waals surface area contributed by atoms with Crippen LogP contribution >= 0.6 is 23.2 Å². The fourth-order valence-electron chi connectivity index (χ4n) is 2.34. The lowest BCUT2D eigenvalue weighted by atomic mass is 10.1. The molecular weight excluding hydrogens is 311 g/mol. The first kappa shape index (κ1) is 16.1. The molecule has 0 radical (unpaired) electrons. The molecule has 114 valence electrons. The van der Waals surface area contributed by atoms with Crippen LogP contribution in [0, 0.1) is 5.92 Å². The molecule has 4 nitrogen and oxygen atoms in total. The van der Waals surface area contributed by atoms with E-state index in [2.05, 4.69) is 12.2 Å². The van der Waals surface area contributed by atoms with Crippen LogP contribution in [0.5, 0.6) is 0 Å². The van der Waals surface area contributed by atoms with Gasteiger partial charge in [0.15, 0.2) is 0 Å². The third-order valence-corrected chi connectivity index (χ3v) is 4.10. The van der Waals surface area contributed by atoms with Crippen LogP contribution in [0.2, 0.25) is 10.0 Å². The van der Waals surface area contributed by atoms with E-state index < -0.39 is 0 Å². The summed E-state index contributed by atoms with van der Waals surface area (Å²) in [6.07, 6.45) is 2.25. The molecular formula is C15H18Cl2N2O2. The second-order valence-electron chi connectivity index (χ2n) is 5.21. The van der Waals surface area contributed by atoms with E-state index >= 15 is 0 Å². The molecule has 0 aromatic heterocycles. The number of anilines is 1. The lowest BCUT2D eigenvalue weighted by molar-refractivity contribution is -0.128. The number of carbonyl (C=O) groups excluding carboxylic acids is 2. The van der Waals surface area contributed by atoms with Gasteiger partial charge in [-0.15, -0.1) is 0 Å². The van der Waals surface area contributed by atoms with Gasteiger partial charge in [0.2, 0.25) is 11.8 Å². The van der Waals surface area contributed by atoms with Gasteiger partial charge < -0.3 is 10.2 Å². The lowest BCUT2D eigenvalue weighted by Gasteiger charge is -2.16. The molecule has 1 fully saturated rings. The number of rotatable bonds is 5. The Balaban J connectivity index is 1.96. The Labute approximate surface area is 134 Å². The number of likely N-dealkylation sites (tertiary alicyclic amines) is 1. The summed E-state index contributed by atoms with van der Waals surface area (Å²) in [5.74, 6) is -0.446. The fraction of sp³-hybridized carbons (Fsp3) is 0.467. The van der Waals surface area contributed by atoms with Gasteiger partial charge in [0.05, 0.1) is 16.6 Å². The summed E-state index contributed by atoms with van der Waals surface area (Å²) in [4.78, 5) is 25.9. The SMILES string of the molecule is CCCCN1C[C@@H](C(=O)Nc2ccc(Cl)cc2Cl)CC1=O. The van der Waals surface area contributed by atoms with Gasteiger partial charge in [-0.25, -0.2) is 0 Å². The van der Waals surface area contributed by atoms with E-state index in [0.29, 0.717) is 22.3 Å². The van der Waals surface area contributed by atoms with E-state index in [1.54, 1.807) is 23.1 Å². The number of nitrogens with one attached hydrogen (secondary N) is 1. The van der Waals surface area contributed by atoms with Crippen LogP contribution in [0.4, 0.5) is 5.69 Å². The zero-order valence-electron chi connectivity index (χ0n) is 11.9. The number of nitrogens with zero attached hydrogens (tertiary/aromatic N) is 1. The van der Waals surface area contributed by atoms with Crippen molar-refractivity contribution in [3.05, 3.63) is 28.2 Å². The quantitative estimate of drug-likeness (QED) is 0.898. The minimum Gasteiger partial charge on any atom is -0.342 e. The maximum Gasteiger partial charge on any atom is 0.229 e. The average molecular weight is 329 g/mol. The van der Waals surface area contributed by atoms with Crippen molar-refractivity contribution >= 4 is 40.7 Å². The summed E-state index contributed by atoms with van der Waals surface area (Å²) in [6.45, 7) is 3.28. The smallest absolute Gasteiger partial charge is 0.229 e. The molecule has 0 bridgehead atoms. The number of benzene rings is 1. The van der Waals surface area contributed by atoms with Gasteiger partial charge in [-0.05, 0) is 24.6 Å². The predicted octanol–water partition coefficient (Wildman–Crippen LogP) is 3.58. The first-order valence-corrected chi connectivity index (χ1v) is 7.80. The number of hydrogen-bond donors (Lipinski definition) is 1. The van der Waals surface area contributed by atoms with Gasteiger partial charge in [-0.2, -0.15) is 0 Å². The minimum atomic E-state index is -0.318. The van der Waals surface area contributed by atoms with Crippen molar-refractivity contribution in [3.63, 3.8) is 0 Å². The number of unbranched alkanes of at least 4 members (excludes halogenated alkanes) is 1. The van der Waals surface area contributed by atoms with E-state index in [0.717, 1.165) is 19.4 Å². The summed E-state index contributed by atoms with van der Waals surface area (Å²) >= 11 is 11.8. The van der Waals surface area contributed by atoms with Crippen LogP contribution in [-0.4, -0.2) is 29.8 Å². The Kier molecular flexibility index (Phi) is 5.48. The van der Waals surface area contributed by atoms with Gasteiger partial charge >= 0.3 is 0 Å². The maximum atomic E-state index is 12.2. The van der Waals surface area contributed by atoms with E-state index in [4.69, 9.17) is 23.2 Å². The molecule has 1 atom stereocenters. The molecule has 1 saturated heterocycles.